The molecule has 1 heterocycles. The van der Waals surface area contributed by atoms with Crippen molar-refractivity contribution in [1.29, 1.82) is 0 Å². The molecule has 0 radical (unpaired) electrons. The van der Waals surface area contributed by atoms with E-state index in [9.17, 15) is 4.79 Å². The molecule has 35 heavy (non-hydrogen) atoms. The van der Waals surface area contributed by atoms with Crippen LogP contribution in [0.25, 0.3) is 0 Å². The van der Waals surface area contributed by atoms with Crippen LogP contribution in [0.3, 0.4) is 0 Å². The average molecular weight is 531 g/mol. The van der Waals surface area contributed by atoms with Gasteiger partial charge in [0.1, 0.15) is 6.29 Å². The molecular weight excluding hydrogens is 472 g/mol. The van der Waals surface area contributed by atoms with Gasteiger partial charge in [0.05, 0.1) is 18.3 Å². The molecule has 208 valence electrons. The topological polar surface area (TPSA) is 54.0 Å². The second-order valence-corrected chi connectivity index (χ2v) is 20.9. The lowest BCUT2D eigenvalue weighted by molar-refractivity contribution is -0.334. The highest BCUT2D eigenvalue weighted by Crippen LogP contribution is 2.46. The van der Waals surface area contributed by atoms with Gasteiger partial charge in [-0.05, 0) is 42.2 Å². The molecule has 0 aromatic rings. The average Bonchev–Trinajstić information content (AvgIpc) is 2.88. The zero-order chi connectivity index (χ0) is 27.0. The van der Waals surface area contributed by atoms with Gasteiger partial charge in [0.25, 0.3) is 0 Å². The molecule has 0 bridgehead atoms. The molecule has 5 nitrogen and oxygen atoms in total. The van der Waals surface area contributed by atoms with E-state index in [1.807, 2.05) is 6.92 Å². The summed E-state index contributed by atoms with van der Waals surface area (Å²) in [5, 5.41) is 0. The van der Waals surface area contributed by atoms with Crippen molar-refractivity contribution < 1.29 is 23.1 Å². The number of carbonyl (C=O) groups is 1. The molecule has 0 aromatic carbocycles. The van der Waals surface area contributed by atoms with Crippen molar-refractivity contribution in [3.05, 3.63) is 0 Å². The highest BCUT2D eigenvalue weighted by molar-refractivity contribution is 6.74. The lowest BCUT2D eigenvalue weighted by Crippen LogP contribution is -2.62. The number of methoxy groups -OCH3 is 1. The second-order valence-electron chi connectivity index (χ2n) is 11.4. The maximum Gasteiger partial charge on any atom is 0.192 e. The van der Waals surface area contributed by atoms with Gasteiger partial charge in [-0.25, -0.2) is 0 Å². The SMILES string of the molecule is CC[Si](CC)(CC)O[C@H]([C@H](C)C=O)[C@H](C)[C@@]1(OC)C[C@@H](O[Si](CC)(CC)CC)[C@H](C)[C@@H](C(C)C)O1. The van der Waals surface area contributed by atoms with Crippen molar-refractivity contribution in [1.82, 2.24) is 0 Å². The van der Waals surface area contributed by atoms with Crippen LogP contribution in [-0.4, -0.2) is 54.1 Å². The summed E-state index contributed by atoms with van der Waals surface area (Å²) in [5.41, 5.74) is 0. The lowest BCUT2D eigenvalue weighted by atomic mass is 9.77. The largest absolute Gasteiger partial charge is 0.413 e. The van der Waals surface area contributed by atoms with Crippen LogP contribution in [-0.2, 0) is 23.1 Å². The molecule has 1 aliphatic rings. The minimum absolute atomic E-state index is 0.0196. The fraction of sp³-hybridized carbons (Fsp3) is 0.964. The van der Waals surface area contributed by atoms with Gasteiger partial charge in [0.15, 0.2) is 22.4 Å². The van der Waals surface area contributed by atoms with E-state index in [1.165, 1.54) is 0 Å². The van der Waals surface area contributed by atoms with Gasteiger partial charge >= 0.3 is 0 Å². The minimum Gasteiger partial charge on any atom is -0.413 e. The Kier molecular flexibility index (Phi) is 13.4. The molecule has 0 unspecified atom stereocenters. The Labute approximate surface area is 219 Å². The van der Waals surface area contributed by atoms with Gasteiger partial charge in [-0.15, -0.1) is 0 Å². The van der Waals surface area contributed by atoms with E-state index in [0.29, 0.717) is 12.3 Å². The monoisotopic (exact) mass is 530 g/mol. The highest BCUT2D eigenvalue weighted by Gasteiger charge is 2.55. The molecular formula is C28H58O5Si2. The molecule has 0 aliphatic carbocycles. The van der Waals surface area contributed by atoms with Crippen molar-refractivity contribution in [3.8, 4) is 0 Å². The summed E-state index contributed by atoms with van der Waals surface area (Å²) in [6, 6.07) is 6.51. The van der Waals surface area contributed by atoms with Crippen LogP contribution in [0.4, 0.5) is 0 Å². The van der Waals surface area contributed by atoms with Crippen LogP contribution in [0.5, 0.6) is 0 Å². The third-order valence-electron chi connectivity index (χ3n) is 9.50. The van der Waals surface area contributed by atoms with Gasteiger partial charge in [-0.3, -0.25) is 0 Å². The van der Waals surface area contributed by atoms with E-state index in [-0.39, 0.29) is 36.1 Å². The summed E-state index contributed by atoms with van der Waals surface area (Å²) in [7, 11) is -2.01. The molecule has 1 fully saturated rings. The maximum atomic E-state index is 12.1. The van der Waals surface area contributed by atoms with Crippen molar-refractivity contribution in [3.63, 3.8) is 0 Å². The van der Waals surface area contributed by atoms with Crippen LogP contribution in [0.15, 0.2) is 0 Å². The molecule has 0 aromatic heterocycles. The summed E-state index contributed by atoms with van der Waals surface area (Å²) in [4.78, 5) is 12.1. The molecule has 0 spiro atoms. The Balaban J connectivity index is 3.52. The van der Waals surface area contributed by atoms with Crippen LogP contribution in [0.1, 0.15) is 82.6 Å². The van der Waals surface area contributed by atoms with Crippen molar-refractivity contribution in [2.45, 2.75) is 143 Å². The van der Waals surface area contributed by atoms with Gasteiger partial charge in [-0.2, -0.15) is 0 Å². The molecule has 7 heteroatoms. The Hall–Kier alpha value is -0.0562. The first-order valence-electron chi connectivity index (χ1n) is 14.5. The van der Waals surface area contributed by atoms with Gasteiger partial charge in [0, 0.05) is 31.3 Å². The Morgan fingerprint density at radius 1 is 0.914 bits per heavy atom. The molecule has 1 aliphatic heterocycles. The van der Waals surface area contributed by atoms with Crippen molar-refractivity contribution >= 4 is 22.9 Å². The zero-order valence-electron chi connectivity index (χ0n) is 25.1. The third-order valence-corrected chi connectivity index (χ3v) is 18.8. The van der Waals surface area contributed by atoms with E-state index in [4.69, 9.17) is 18.3 Å². The van der Waals surface area contributed by atoms with Crippen LogP contribution >= 0.6 is 0 Å². The summed E-state index contributed by atoms with van der Waals surface area (Å²) in [5.74, 6) is -0.579. The van der Waals surface area contributed by atoms with E-state index < -0.39 is 22.4 Å². The minimum atomic E-state index is -1.95. The van der Waals surface area contributed by atoms with E-state index in [0.717, 1.165) is 42.6 Å². The Morgan fingerprint density at radius 3 is 1.77 bits per heavy atom. The molecule has 0 N–H and O–H groups in total. The predicted octanol–water partition coefficient (Wildman–Crippen LogP) is 7.66. The number of ether oxygens (including phenoxy) is 2. The quantitative estimate of drug-likeness (QED) is 0.151. The zero-order valence-corrected chi connectivity index (χ0v) is 27.1. The van der Waals surface area contributed by atoms with Crippen LogP contribution in [0, 0.1) is 23.7 Å². The van der Waals surface area contributed by atoms with Crippen LogP contribution < -0.4 is 0 Å². The van der Waals surface area contributed by atoms with Gasteiger partial charge in [0.2, 0.25) is 0 Å². The number of rotatable bonds is 16. The van der Waals surface area contributed by atoms with E-state index in [2.05, 4.69) is 69.2 Å². The van der Waals surface area contributed by atoms with E-state index >= 15 is 0 Å². The molecule has 0 saturated carbocycles. The number of hydrogen-bond acceptors (Lipinski definition) is 5. The molecule has 0 amide bonds. The van der Waals surface area contributed by atoms with Crippen LogP contribution in [0.2, 0.25) is 36.3 Å². The molecule has 1 saturated heterocycles. The number of hydrogen-bond donors (Lipinski definition) is 0. The first-order chi connectivity index (χ1) is 16.4. The normalized spacial score (nSPS) is 28.7. The lowest BCUT2D eigenvalue weighted by Gasteiger charge is -2.54. The first kappa shape index (κ1) is 33.0. The maximum absolute atomic E-state index is 12.1. The summed E-state index contributed by atoms with van der Waals surface area (Å²) in [6.07, 6.45) is 1.57. The first-order valence-corrected chi connectivity index (χ1v) is 19.5. The standard InChI is InChI=1S/C28H58O5Si2/c1-13-34(14-2,15-3)32-25-19-28(30-12,31-26(21(7)8)23(25)10)24(11)27(22(9)20-29)33-35(16-4,17-5)18-6/h20-27H,13-19H2,1-12H3/t22-,23+,24+,25-,26-,27-,28-/m1/s1. The highest BCUT2D eigenvalue weighted by atomic mass is 28.4. The number of carbonyl (C=O) groups excluding carboxylic acids is 1. The molecule has 7 atom stereocenters. The Morgan fingerprint density at radius 2 is 1.40 bits per heavy atom. The summed E-state index contributed by atoms with van der Waals surface area (Å²) in [6.45, 7) is 24.5. The predicted molar refractivity (Wildman–Crippen MR) is 152 cm³/mol. The number of aldehydes is 1. The summed E-state index contributed by atoms with van der Waals surface area (Å²) < 4.78 is 27.4. The third kappa shape index (κ3) is 7.29. The van der Waals surface area contributed by atoms with Gasteiger partial charge < -0.3 is 23.1 Å². The fourth-order valence-electron chi connectivity index (χ4n) is 6.17. The van der Waals surface area contributed by atoms with E-state index in [1.54, 1.807) is 7.11 Å². The van der Waals surface area contributed by atoms with Gasteiger partial charge in [-0.1, -0.05) is 76.2 Å². The summed E-state index contributed by atoms with van der Waals surface area (Å²) >= 11 is 0. The molecule has 1 rings (SSSR count). The van der Waals surface area contributed by atoms with Crippen molar-refractivity contribution in [2.75, 3.05) is 7.11 Å². The second kappa shape index (κ2) is 14.2. The smallest absolute Gasteiger partial charge is 0.192 e. The fourth-order valence-corrected chi connectivity index (χ4v) is 12.1. The Bertz CT molecular complexity index is 606. The van der Waals surface area contributed by atoms with Crippen molar-refractivity contribution in [2.24, 2.45) is 23.7 Å².